The molecule has 2 unspecified atom stereocenters. The fourth-order valence-electron chi connectivity index (χ4n) is 2.57. The van der Waals surface area contributed by atoms with E-state index in [9.17, 15) is 18.6 Å². The molecule has 0 aliphatic carbocycles. The fraction of sp³-hybridized carbons (Fsp3) is 0.538. The van der Waals surface area contributed by atoms with Crippen molar-refractivity contribution in [2.75, 3.05) is 32.9 Å². The highest BCUT2D eigenvalue weighted by Gasteiger charge is 2.39. The van der Waals surface area contributed by atoms with Gasteiger partial charge in [0.15, 0.2) is 0 Å². The van der Waals surface area contributed by atoms with E-state index >= 15 is 0 Å². The van der Waals surface area contributed by atoms with E-state index in [4.69, 9.17) is 5.73 Å². The minimum Gasteiger partial charge on any atom is -0.506 e. The van der Waals surface area contributed by atoms with Crippen LogP contribution in [0, 0.1) is 0 Å². The number of phenolic OH excluding ortho intramolecular Hbond substituents is 1. The molecule has 0 spiro atoms. The number of β-amino-alcohol motifs (C(OH)–C–C–N with tert-alkyl or cyclic N) is 1. The fourth-order valence-corrected chi connectivity index (χ4v) is 4.27. The number of nitrogens with two attached hydrogens (primary N) is 1. The van der Waals surface area contributed by atoms with Gasteiger partial charge in [0.2, 0.25) is 10.0 Å². The first kappa shape index (κ1) is 16.0. The highest BCUT2D eigenvalue weighted by Crippen LogP contribution is 2.30. The van der Waals surface area contributed by atoms with Crippen molar-refractivity contribution in [2.24, 2.45) is 0 Å². The van der Waals surface area contributed by atoms with E-state index in [1.165, 1.54) is 22.5 Å². The van der Waals surface area contributed by atoms with E-state index in [1.54, 1.807) is 0 Å². The summed E-state index contributed by atoms with van der Waals surface area (Å²) in [5.74, 6) is -0.153. The number of benzene rings is 1. The molecular weight excluding hydrogens is 294 g/mol. The monoisotopic (exact) mass is 315 g/mol. The molecule has 1 aliphatic heterocycles. The van der Waals surface area contributed by atoms with Crippen LogP contribution >= 0.6 is 0 Å². The van der Waals surface area contributed by atoms with E-state index in [1.807, 2.05) is 19.0 Å². The number of aliphatic hydroxyl groups is 1. The Hall–Kier alpha value is -1.35. The number of aliphatic hydroxyl groups excluding tert-OH is 1. The Morgan fingerprint density at radius 3 is 2.67 bits per heavy atom. The number of phenols is 1. The smallest absolute Gasteiger partial charge is 0.243 e. The second-order valence-corrected chi connectivity index (χ2v) is 7.49. The third-order valence-electron chi connectivity index (χ3n) is 3.52. The van der Waals surface area contributed by atoms with Gasteiger partial charge in [0.1, 0.15) is 5.75 Å². The van der Waals surface area contributed by atoms with Crippen LogP contribution in [0.2, 0.25) is 0 Å². The predicted octanol–water partition coefficient (Wildman–Crippen LogP) is -0.340. The van der Waals surface area contributed by atoms with Crippen molar-refractivity contribution in [3.05, 3.63) is 18.2 Å². The van der Waals surface area contributed by atoms with Gasteiger partial charge in [-0.15, -0.1) is 0 Å². The van der Waals surface area contributed by atoms with Gasteiger partial charge in [-0.25, -0.2) is 8.42 Å². The van der Waals surface area contributed by atoms with Crippen molar-refractivity contribution in [1.82, 2.24) is 9.21 Å². The second-order valence-electron chi connectivity index (χ2n) is 5.60. The van der Waals surface area contributed by atoms with Gasteiger partial charge in [-0.1, -0.05) is 0 Å². The summed E-state index contributed by atoms with van der Waals surface area (Å²) in [6.45, 7) is 0.603. The molecular formula is C13H21N3O4S. The molecule has 2 rings (SSSR count). The lowest BCUT2D eigenvalue weighted by Crippen LogP contribution is -2.41. The number of aromatic hydroxyl groups is 1. The largest absolute Gasteiger partial charge is 0.506 e. The maximum absolute atomic E-state index is 12.7. The van der Waals surface area contributed by atoms with Gasteiger partial charge in [0.25, 0.3) is 0 Å². The predicted molar refractivity (Wildman–Crippen MR) is 79.4 cm³/mol. The summed E-state index contributed by atoms with van der Waals surface area (Å²) < 4.78 is 26.7. The van der Waals surface area contributed by atoms with Gasteiger partial charge in [-0.05, 0) is 38.7 Å². The van der Waals surface area contributed by atoms with E-state index in [2.05, 4.69) is 0 Å². The molecule has 1 fully saturated rings. The van der Waals surface area contributed by atoms with Gasteiger partial charge in [0, 0.05) is 19.1 Å². The zero-order valence-corrected chi connectivity index (χ0v) is 12.9. The molecule has 21 heavy (non-hydrogen) atoms. The van der Waals surface area contributed by atoms with Crippen molar-refractivity contribution in [1.29, 1.82) is 0 Å². The van der Waals surface area contributed by atoms with Crippen LogP contribution in [-0.2, 0) is 10.0 Å². The minimum atomic E-state index is -3.75. The lowest BCUT2D eigenvalue weighted by atomic mass is 10.2. The minimum absolute atomic E-state index is 0.0139. The van der Waals surface area contributed by atoms with E-state index in [0.717, 1.165) is 0 Å². The first-order valence-corrected chi connectivity index (χ1v) is 8.09. The number of sulfonamides is 1. The normalized spacial score (nSPS) is 23.8. The van der Waals surface area contributed by atoms with Gasteiger partial charge in [-0.3, -0.25) is 0 Å². The number of nitrogens with zero attached hydrogens (tertiary/aromatic N) is 2. The molecule has 0 bridgehead atoms. The molecule has 118 valence electrons. The van der Waals surface area contributed by atoms with Crippen molar-refractivity contribution in [3.63, 3.8) is 0 Å². The van der Waals surface area contributed by atoms with Crippen LogP contribution in [0.5, 0.6) is 5.75 Å². The Morgan fingerprint density at radius 2 is 2.10 bits per heavy atom. The quantitative estimate of drug-likeness (QED) is 0.518. The number of likely N-dealkylation sites (N-methyl/N-ethyl adjacent to an activating group) is 1. The summed E-state index contributed by atoms with van der Waals surface area (Å²) in [5, 5.41) is 19.2. The van der Waals surface area contributed by atoms with E-state index in [0.29, 0.717) is 13.0 Å². The van der Waals surface area contributed by atoms with E-state index in [-0.39, 0.29) is 28.9 Å². The number of hydrogen-bond donors (Lipinski definition) is 3. The Bertz CT molecular complexity index is 618. The summed E-state index contributed by atoms with van der Waals surface area (Å²) in [4.78, 5) is 1.91. The van der Waals surface area contributed by atoms with E-state index < -0.39 is 16.1 Å². The molecule has 1 heterocycles. The highest BCUT2D eigenvalue weighted by molar-refractivity contribution is 7.89. The summed E-state index contributed by atoms with van der Waals surface area (Å²) in [6, 6.07) is 3.53. The molecule has 1 aromatic rings. The van der Waals surface area contributed by atoms with Crippen LogP contribution in [0.25, 0.3) is 0 Å². The second kappa shape index (κ2) is 5.80. The SMILES string of the molecule is CN(C)CC1CC(O)CN1S(=O)(=O)c1ccc(O)c(N)c1. The summed E-state index contributed by atoms with van der Waals surface area (Å²) in [7, 11) is -0.0397. The molecule has 0 aromatic heterocycles. The first-order chi connectivity index (χ1) is 9.71. The van der Waals surface area contributed by atoms with Crippen LogP contribution in [0.4, 0.5) is 5.69 Å². The molecule has 7 nitrogen and oxygen atoms in total. The summed E-state index contributed by atoms with van der Waals surface area (Å²) >= 11 is 0. The van der Waals surface area contributed by atoms with Gasteiger partial charge >= 0.3 is 0 Å². The number of nitrogen functional groups attached to an aromatic ring is 1. The topological polar surface area (TPSA) is 107 Å². The molecule has 0 saturated carbocycles. The summed E-state index contributed by atoms with van der Waals surface area (Å²) in [6.07, 6.45) is -0.260. The van der Waals surface area contributed by atoms with Crippen LogP contribution in [0.15, 0.2) is 23.1 Å². The highest BCUT2D eigenvalue weighted by atomic mass is 32.2. The maximum Gasteiger partial charge on any atom is 0.243 e. The molecule has 8 heteroatoms. The molecule has 1 aliphatic rings. The van der Waals surface area contributed by atoms with Crippen LogP contribution in [-0.4, -0.2) is 67.2 Å². The number of hydrogen-bond acceptors (Lipinski definition) is 6. The maximum atomic E-state index is 12.7. The molecule has 0 amide bonds. The molecule has 0 radical (unpaired) electrons. The summed E-state index contributed by atoms with van der Waals surface area (Å²) in [5.41, 5.74) is 5.58. The van der Waals surface area contributed by atoms with Gasteiger partial charge in [-0.2, -0.15) is 4.31 Å². The Balaban J connectivity index is 2.34. The molecule has 1 aromatic carbocycles. The molecule has 1 saturated heterocycles. The van der Waals surface area contributed by atoms with Gasteiger partial charge < -0.3 is 20.8 Å². The number of anilines is 1. The zero-order valence-electron chi connectivity index (χ0n) is 12.1. The average molecular weight is 315 g/mol. The number of rotatable bonds is 4. The Labute approximate surface area is 124 Å². The Morgan fingerprint density at radius 1 is 1.43 bits per heavy atom. The lowest BCUT2D eigenvalue weighted by Gasteiger charge is -2.26. The third kappa shape index (κ3) is 3.29. The van der Waals surface area contributed by atoms with Crippen molar-refractivity contribution >= 4 is 15.7 Å². The molecule has 4 N–H and O–H groups in total. The van der Waals surface area contributed by atoms with Crippen LogP contribution < -0.4 is 5.73 Å². The van der Waals surface area contributed by atoms with Crippen LogP contribution in [0.3, 0.4) is 0 Å². The zero-order chi connectivity index (χ0) is 15.8. The van der Waals surface area contributed by atoms with Crippen molar-refractivity contribution in [2.45, 2.75) is 23.5 Å². The first-order valence-electron chi connectivity index (χ1n) is 6.65. The average Bonchev–Trinajstić information content (AvgIpc) is 2.73. The standard InChI is InChI=1S/C13H21N3O4S/c1-15(2)7-9-5-10(17)8-16(9)21(19,20)11-3-4-13(18)12(14)6-11/h3-4,6,9-10,17-18H,5,7-8,14H2,1-2H3. The molecule has 2 atom stereocenters. The van der Waals surface area contributed by atoms with Gasteiger partial charge in [0.05, 0.1) is 16.7 Å². The lowest BCUT2D eigenvalue weighted by molar-refractivity contribution is 0.188. The van der Waals surface area contributed by atoms with Crippen molar-refractivity contribution < 1.29 is 18.6 Å². The van der Waals surface area contributed by atoms with Crippen LogP contribution in [0.1, 0.15) is 6.42 Å². The third-order valence-corrected chi connectivity index (χ3v) is 5.44. The Kier molecular flexibility index (Phi) is 4.43. The van der Waals surface area contributed by atoms with Crippen molar-refractivity contribution in [3.8, 4) is 5.75 Å².